The Morgan fingerprint density at radius 2 is 2.04 bits per heavy atom. The molecule has 0 spiro atoms. The van der Waals surface area contributed by atoms with Crippen molar-refractivity contribution in [1.82, 2.24) is 35.1 Å². The number of nitrogens with two attached hydrogens (primary N) is 1. The van der Waals surface area contributed by atoms with Gasteiger partial charge >= 0.3 is 0 Å². The first-order valence-electron chi connectivity index (χ1n) is 7.96. The molecular formula is C15H20N8OS. The Labute approximate surface area is 149 Å². The maximum absolute atomic E-state index is 6.17. The first kappa shape index (κ1) is 17.2. The largest absolute Gasteiger partial charge is 0.496 e. The number of methoxy groups -OCH3 is 1. The molecule has 9 nitrogen and oxygen atoms in total. The van der Waals surface area contributed by atoms with E-state index in [0.29, 0.717) is 22.5 Å². The van der Waals surface area contributed by atoms with Gasteiger partial charge in [0.2, 0.25) is 5.16 Å². The number of unbranched alkanes of at least 4 members (excludes halogenated alkanes) is 1. The molecule has 0 aliphatic rings. The van der Waals surface area contributed by atoms with Gasteiger partial charge in [-0.1, -0.05) is 37.2 Å². The lowest BCUT2D eigenvalue weighted by Crippen LogP contribution is -2.12. The van der Waals surface area contributed by atoms with Crippen LogP contribution >= 0.6 is 11.8 Å². The average molecular weight is 360 g/mol. The van der Waals surface area contributed by atoms with Gasteiger partial charge in [0.05, 0.1) is 18.4 Å². The SMILES string of the molecule is CCCCn1nnnc1CSc1nnc(-c2ccccc2OC)n1N. The van der Waals surface area contributed by atoms with Crippen LogP contribution < -0.4 is 10.6 Å². The fraction of sp³-hybridized carbons (Fsp3) is 0.400. The maximum atomic E-state index is 6.17. The topological polar surface area (TPSA) is 110 Å². The van der Waals surface area contributed by atoms with Crippen molar-refractivity contribution in [1.29, 1.82) is 0 Å². The molecule has 0 amide bonds. The molecule has 3 rings (SSSR count). The number of aryl methyl sites for hydroxylation is 1. The molecule has 0 saturated heterocycles. The summed E-state index contributed by atoms with van der Waals surface area (Å²) in [5, 5.41) is 20.8. The third-order valence-electron chi connectivity index (χ3n) is 3.67. The van der Waals surface area contributed by atoms with Crippen molar-refractivity contribution in [3.63, 3.8) is 0 Å². The van der Waals surface area contributed by atoms with Crippen LogP contribution in [0.25, 0.3) is 11.4 Å². The number of benzene rings is 1. The van der Waals surface area contributed by atoms with Gasteiger partial charge in [0.25, 0.3) is 0 Å². The third kappa shape index (κ3) is 3.73. The van der Waals surface area contributed by atoms with E-state index in [1.807, 2.05) is 28.9 Å². The van der Waals surface area contributed by atoms with Crippen LogP contribution in [0.3, 0.4) is 0 Å². The van der Waals surface area contributed by atoms with Crippen molar-refractivity contribution in [2.75, 3.05) is 13.0 Å². The highest BCUT2D eigenvalue weighted by atomic mass is 32.2. The molecule has 2 aromatic heterocycles. The monoisotopic (exact) mass is 360 g/mol. The smallest absolute Gasteiger partial charge is 0.210 e. The molecule has 2 heterocycles. The molecule has 25 heavy (non-hydrogen) atoms. The lowest BCUT2D eigenvalue weighted by atomic mass is 10.2. The Morgan fingerprint density at radius 1 is 1.20 bits per heavy atom. The predicted molar refractivity (Wildman–Crippen MR) is 94.4 cm³/mol. The van der Waals surface area contributed by atoms with Gasteiger partial charge in [0.1, 0.15) is 5.75 Å². The molecule has 0 radical (unpaired) electrons. The molecule has 1 aromatic carbocycles. The quantitative estimate of drug-likeness (QED) is 0.478. The Bertz CT molecular complexity index is 831. The summed E-state index contributed by atoms with van der Waals surface area (Å²) >= 11 is 1.44. The summed E-state index contributed by atoms with van der Waals surface area (Å²) in [6.45, 7) is 2.94. The van der Waals surface area contributed by atoms with Crippen molar-refractivity contribution in [2.24, 2.45) is 0 Å². The summed E-state index contributed by atoms with van der Waals surface area (Å²) < 4.78 is 8.64. The van der Waals surface area contributed by atoms with Crippen molar-refractivity contribution < 1.29 is 4.74 Å². The van der Waals surface area contributed by atoms with Crippen LogP contribution in [0.1, 0.15) is 25.6 Å². The van der Waals surface area contributed by atoms with Crippen LogP contribution in [0.5, 0.6) is 5.75 Å². The van der Waals surface area contributed by atoms with Gasteiger partial charge in [0, 0.05) is 6.54 Å². The first-order chi connectivity index (χ1) is 12.2. The molecule has 2 N–H and O–H groups in total. The number of rotatable bonds is 8. The average Bonchev–Trinajstić information content (AvgIpc) is 3.24. The number of para-hydroxylation sites is 1. The van der Waals surface area contributed by atoms with Crippen LogP contribution in [-0.4, -0.2) is 42.2 Å². The van der Waals surface area contributed by atoms with E-state index in [0.717, 1.165) is 30.8 Å². The highest BCUT2D eigenvalue weighted by Crippen LogP contribution is 2.29. The summed E-state index contributed by atoms with van der Waals surface area (Å²) in [7, 11) is 1.61. The zero-order valence-electron chi connectivity index (χ0n) is 14.2. The Kier molecular flexibility index (Phi) is 5.49. The van der Waals surface area contributed by atoms with Gasteiger partial charge in [0.15, 0.2) is 11.6 Å². The zero-order valence-corrected chi connectivity index (χ0v) is 15.0. The van der Waals surface area contributed by atoms with Crippen molar-refractivity contribution in [3.8, 4) is 17.1 Å². The number of tetrazole rings is 1. The summed E-state index contributed by atoms with van der Waals surface area (Å²) in [5.41, 5.74) is 0.791. The van der Waals surface area contributed by atoms with E-state index < -0.39 is 0 Å². The number of nitrogens with zero attached hydrogens (tertiary/aromatic N) is 7. The number of ether oxygens (including phenoxy) is 1. The molecule has 0 bridgehead atoms. The third-order valence-corrected chi connectivity index (χ3v) is 4.61. The highest BCUT2D eigenvalue weighted by molar-refractivity contribution is 7.98. The van der Waals surface area contributed by atoms with Crippen LogP contribution in [0.2, 0.25) is 0 Å². The standard InChI is InChI=1S/C15H20N8OS/c1-3-4-9-22-13(17-20-21-22)10-25-15-19-18-14(23(15)16)11-7-5-6-8-12(11)24-2/h5-8H,3-4,9-10,16H2,1-2H3. The minimum Gasteiger partial charge on any atom is -0.496 e. The fourth-order valence-corrected chi connectivity index (χ4v) is 3.11. The van der Waals surface area contributed by atoms with Crippen molar-refractivity contribution >= 4 is 11.8 Å². The second-order valence-corrected chi connectivity index (χ2v) is 6.28. The molecule has 0 aliphatic carbocycles. The highest BCUT2D eigenvalue weighted by Gasteiger charge is 2.16. The molecule has 10 heteroatoms. The predicted octanol–water partition coefficient (Wildman–Crippen LogP) is 1.75. The van der Waals surface area contributed by atoms with E-state index in [1.165, 1.54) is 16.4 Å². The molecule has 0 unspecified atom stereocenters. The second-order valence-electron chi connectivity index (χ2n) is 5.34. The van der Waals surface area contributed by atoms with Crippen LogP contribution in [0.15, 0.2) is 29.4 Å². The van der Waals surface area contributed by atoms with Crippen molar-refractivity contribution in [2.45, 2.75) is 37.2 Å². The minimum atomic E-state index is 0.547. The van der Waals surface area contributed by atoms with E-state index in [1.54, 1.807) is 7.11 Å². The van der Waals surface area contributed by atoms with Gasteiger partial charge in [-0.05, 0) is 29.0 Å². The van der Waals surface area contributed by atoms with Gasteiger partial charge in [-0.25, -0.2) is 9.36 Å². The molecule has 0 saturated carbocycles. The van der Waals surface area contributed by atoms with Crippen LogP contribution in [0.4, 0.5) is 0 Å². The zero-order chi connectivity index (χ0) is 17.6. The lowest BCUT2D eigenvalue weighted by Gasteiger charge is -2.08. The molecule has 0 fully saturated rings. The summed E-state index contributed by atoms with van der Waals surface area (Å²) in [5.74, 6) is 8.78. The number of nitrogen functional groups attached to an aromatic ring is 1. The lowest BCUT2D eigenvalue weighted by molar-refractivity contribution is 0.416. The Hall–Kier alpha value is -2.62. The maximum Gasteiger partial charge on any atom is 0.210 e. The van der Waals surface area contributed by atoms with Gasteiger partial charge in [-0.2, -0.15) is 0 Å². The summed E-state index contributed by atoms with van der Waals surface area (Å²) in [4.78, 5) is 0. The van der Waals surface area contributed by atoms with Gasteiger partial charge in [-0.3, -0.25) is 0 Å². The molecular weight excluding hydrogens is 340 g/mol. The Balaban J connectivity index is 1.75. The fourth-order valence-electron chi connectivity index (χ4n) is 2.33. The summed E-state index contributed by atoms with van der Waals surface area (Å²) in [6, 6.07) is 7.55. The molecule has 3 aromatic rings. The number of hydrogen-bond donors (Lipinski definition) is 1. The first-order valence-corrected chi connectivity index (χ1v) is 8.94. The normalized spacial score (nSPS) is 11.0. The minimum absolute atomic E-state index is 0.547. The van der Waals surface area contributed by atoms with Gasteiger partial charge in [-0.15, -0.1) is 15.3 Å². The molecule has 132 valence electrons. The van der Waals surface area contributed by atoms with Crippen molar-refractivity contribution in [3.05, 3.63) is 30.1 Å². The number of aromatic nitrogens is 7. The summed E-state index contributed by atoms with van der Waals surface area (Å²) in [6.07, 6.45) is 2.12. The number of thioether (sulfide) groups is 1. The van der Waals surface area contributed by atoms with Crippen LogP contribution in [0, 0.1) is 0 Å². The molecule has 0 aliphatic heterocycles. The molecule has 0 atom stereocenters. The van der Waals surface area contributed by atoms with E-state index in [-0.39, 0.29) is 0 Å². The van der Waals surface area contributed by atoms with E-state index in [9.17, 15) is 0 Å². The van der Waals surface area contributed by atoms with Gasteiger partial charge < -0.3 is 10.6 Å². The van der Waals surface area contributed by atoms with Crippen LogP contribution in [-0.2, 0) is 12.3 Å². The van der Waals surface area contributed by atoms with E-state index >= 15 is 0 Å². The van der Waals surface area contributed by atoms with E-state index in [4.69, 9.17) is 10.6 Å². The number of hydrogen-bond acceptors (Lipinski definition) is 8. The second kappa shape index (κ2) is 7.97. The Morgan fingerprint density at radius 3 is 2.84 bits per heavy atom. The van der Waals surface area contributed by atoms with E-state index in [2.05, 4.69) is 32.6 Å².